The van der Waals surface area contributed by atoms with Gasteiger partial charge in [-0.3, -0.25) is 0 Å². The van der Waals surface area contributed by atoms with Crippen LogP contribution in [0.2, 0.25) is 0 Å². The second kappa shape index (κ2) is 5.03. The summed E-state index contributed by atoms with van der Waals surface area (Å²) in [5, 5.41) is 9.56. The van der Waals surface area contributed by atoms with Crippen molar-refractivity contribution in [2.24, 2.45) is 11.3 Å². The summed E-state index contributed by atoms with van der Waals surface area (Å²) in [5.74, 6) is 2.18. The van der Waals surface area contributed by atoms with Gasteiger partial charge in [0, 0.05) is 17.3 Å². The Labute approximate surface area is 109 Å². The van der Waals surface area contributed by atoms with Crippen molar-refractivity contribution < 1.29 is 5.11 Å². The number of aliphatic hydroxyl groups is 1. The second-order valence-electron chi connectivity index (χ2n) is 6.03. The predicted molar refractivity (Wildman–Crippen MR) is 74.6 cm³/mol. The maximum Gasteiger partial charge on any atom is 0.0464 e. The van der Waals surface area contributed by atoms with Crippen LogP contribution in [0, 0.1) is 11.3 Å². The molecule has 1 N–H and O–H groups in total. The number of hydrogen-bond donors (Lipinski definition) is 1. The first-order chi connectivity index (χ1) is 8.02. The molecule has 1 heterocycles. The number of fused-ring (bicyclic) bond motifs is 1. The zero-order valence-electron chi connectivity index (χ0n) is 10.9. The average molecular weight is 250 g/mol. The van der Waals surface area contributed by atoms with Crippen LogP contribution >= 0.6 is 11.8 Å². The SMILES string of the molecule is CC(C)(C)C(CO)CC1CSc2ccccc21. The fourth-order valence-corrected chi connectivity index (χ4v) is 3.74. The molecule has 0 aromatic heterocycles. The lowest BCUT2D eigenvalue weighted by molar-refractivity contribution is 0.118. The normalized spacial score (nSPS) is 21.3. The van der Waals surface area contributed by atoms with Crippen LogP contribution in [0.5, 0.6) is 0 Å². The fraction of sp³-hybridized carbons (Fsp3) is 0.600. The van der Waals surface area contributed by atoms with E-state index in [1.165, 1.54) is 16.2 Å². The minimum Gasteiger partial charge on any atom is -0.396 e. The van der Waals surface area contributed by atoms with Gasteiger partial charge in [0.15, 0.2) is 0 Å². The van der Waals surface area contributed by atoms with Crippen molar-refractivity contribution in [1.82, 2.24) is 0 Å². The topological polar surface area (TPSA) is 20.2 Å². The third-order valence-electron chi connectivity index (χ3n) is 3.81. The molecular formula is C15H22OS. The van der Waals surface area contributed by atoms with Gasteiger partial charge in [-0.05, 0) is 35.3 Å². The lowest BCUT2D eigenvalue weighted by Gasteiger charge is -2.31. The van der Waals surface area contributed by atoms with Gasteiger partial charge >= 0.3 is 0 Å². The van der Waals surface area contributed by atoms with Crippen LogP contribution in [0.25, 0.3) is 0 Å². The maximum absolute atomic E-state index is 9.56. The van der Waals surface area contributed by atoms with E-state index in [9.17, 15) is 5.11 Å². The van der Waals surface area contributed by atoms with Crippen molar-refractivity contribution in [1.29, 1.82) is 0 Å². The molecule has 0 aliphatic carbocycles. The van der Waals surface area contributed by atoms with Gasteiger partial charge in [-0.1, -0.05) is 39.0 Å². The summed E-state index contributed by atoms with van der Waals surface area (Å²) in [5.41, 5.74) is 1.68. The van der Waals surface area contributed by atoms with Crippen LogP contribution in [0.3, 0.4) is 0 Å². The van der Waals surface area contributed by atoms with Crippen LogP contribution in [-0.2, 0) is 0 Å². The van der Waals surface area contributed by atoms with Crippen LogP contribution < -0.4 is 0 Å². The van der Waals surface area contributed by atoms with Gasteiger partial charge in [-0.2, -0.15) is 0 Å². The van der Waals surface area contributed by atoms with Gasteiger partial charge in [0.25, 0.3) is 0 Å². The molecule has 0 spiro atoms. The third-order valence-corrected chi connectivity index (χ3v) is 5.06. The van der Waals surface area contributed by atoms with Gasteiger partial charge in [0.2, 0.25) is 0 Å². The highest BCUT2D eigenvalue weighted by Gasteiger charge is 2.30. The molecule has 2 heteroatoms. The maximum atomic E-state index is 9.56. The zero-order chi connectivity index (χ0) is 12.5. The minimum atomic E-state index is 0.191. The van der Waals surface area contributed by atoms with E-state index in [0.29, 0.717) is 18.4 Å². The lowest BCUT2D eigenvalue weighted by Crippen LogP contribution is -2.26. The monoisotopic (exact) mass is 250 g/mol. The number of thioether (sulfide) groups is 1. The molecule has 0 fully saturated rings. The Morgan fingerprint density at radius 3 is 2.71 bits per heavy atom. The van der Waals surface area contributed by atoms with Gasteiger partial charge in [0.1, 0.15) is 0 Å². The van der Waals surface area contributed by atoms with Crippen molar-refractivity contribution in [3.63, 3.8) is 0 Å². The number of rotatable bonds is 3. The summed E-state index contributed by atoms with van der Waals surface area (Å²) >= 11 is 1.96. The molecule has 17 heavy (non-hydrogen) atoms. The van der Waals surface area contributed by atoms with Gasteiger partial charge in [-0.25, -0.2) is 0 Å². The first kappa shape index (κ1) is 13.0. The summed E-state index contributed by atoms with van der Waals surface area (Å²) in [6, 6.07) is 8.70. The summed E-state index contributed by atoms with van der Waals surface area (Å²) in [4.78, 5) is 1.43. The Bertz CT molecular complexity index is 381. The Kier molecular flexibility index (Phi) is 3.84. The van der Waals surface area contributed by atoms with Crippen LogP contribution in [0.4, 0.5) is 0 Å². The predicted octanol–water partition coefficient (Wildman–Crippen LogP) is 3.92. The number of hydrogen-bond acceptors (Lipinski definition) is 2. The highest BCUT2D eigenvalue weighted by atomic mass is 32.2. The molecule has 1 aromatic carbocycles. The van der Waals surface area contributed by atoms with E-state index >= 15 is 0 Å². The van der Waals surface area contributed by atoms with Crippen molar-refractivity contribution in [3.05, 3.63) is 29.8 Å². The molecule has 94 valence electrons. The molecule has 2 unspecified atom stereocenters. The quantitative estimate of drug-likeness (QED) is 0.877. The Balaban J connectivity index is 2.11. The van der Waals surface area contributed by atoms with E-state index < -0.39 is 0 Å². The van der Waals surface area contributed by atoms with E-state index in [1.807, 2.05) is 11.8 Å². The van der Waals surface area contributed by atoms with Crippen LogP contribution in [0.1, 0.15) is 38.7 Å². The molecule has 0 radical (unpaired) electrons. The Morgan fingerprint density at radius 1 is 1.35 bits per heavy atom. The van der Waals surface area contributed by atoms with E-state index in [0.717, 1.165) is 6.42 Å². The average Bonchev–Trinajstić information content (AvgIpc) is 2.67. The fourth-order valence-electron chi connectivity index (χ4n) is 2.47. The van der Waals surface area contributed by atoms with Gasteiger partial charge in [-0.15, -0.1) is 11.8 Å². The smallest absolute Gasteiger partial charge is 0.0464 e. The van der Waals surface area contributed by atoms with Crippen molar-refractivity contribution in [3.8, 4) is 0 Å². The molecule has 2 rings (SSSR count). The summed E-state index contributed by atoms with van der Waals surface area (Å²) in [7, 11) is 0. The van der Waals surface area contributed by atoms with Crippen LogP contribution in [-0.4, -0.2) is 17.5 Å². The molecule has 1 aliphatic rings. The van der Waals surface area contributed by atoms with Crippen molar-refractivity contribution in [2.45, 2.75) is 38.0 Å². The first-order valence-corrected chi connectivity index (χ1v) is 7.33. The molecule has 1 aromatic rings. The number of benzene rings is 1. The van der Waals surface area contributed by atoms with E-state index in [1.54, 1.807) is 0 Å². The molecule has 1 aliphatic heterocycles. The Hall–Kier alpha value is -0.470. The molecular weight excluding hydrogens is 228 g/mol. The molecule has 1 nitrogen and oxygen atoms in total. The first-order valence-electron chi connectivity index (χ1n) is 6.35. The summed E-state index contributed by atoms with van der Waals surface area (Å²) in [6.07, 6.45) is 1.10. The van der Waals surface area contributed by atoms with Gasteiger partial charge in [0.05, 0.1) is 0 Å². The summed E-state index contributed by atoms with van der Waals surface area (Å²) < 4.78 is 0. The zero-order valence-corrected chi connectivity index (χ0v) is 11.8. The third kappa shape index (κ3) is 2.86. The van der Waals surface area contributed by atoms with E-state index in [-0.39, 0.29) is 5.41 Å². The second-order valence-corrected chi connectivity index (χ2v) is 7.09. The number of aliphatic hydroxyl groups excluding tert-OH is 1. The molecule has 0 saturated heterocycles. The lowest BCUT2D eigenvalue weighted by atomic mass is 9.75. The standard InChI is InChI=1S/C15H22OS/c1-15(2,3)12(9-16)8-11-10-17-14-7-5-4-6-13(11)14/h4-7,11-12,16H,8-10H2,1-3H3. The van der Waals surface area contributed by atoms with E-state index in [2.05, 4.69) is 45.0 Å². The highest BCUT2D eigenvalue weighted by molar-refractivity contribution is 7.99. The molecule has 0 amide bonds. The molecule has 0 saturated carbocycles. The molecule has 0 bridgehead atoms. The van der Waals surface area contributed by atoms with Crippen LogP contribution in [0.15, 0.2) is 29.2 Å². The molecule has 2 atom stereocenters. The van der Waals surface area contributed by atoms with Crippen molar-refractivity contribution in [2.75, 3.05) is 12.4 Å². The Morgan fingerprint density at radius 2 is 2.06 bits per heavy atom. The van der Waals surface area contributed by atoms with E-state index in [4.69, 9.17) is 0 Å². The van der Waals surface area contributed by atoms with Gasteiger partial charge < -0.3 is 5.11 Å². The summed E-state index contributed by atoms with van der Waals surface area (Å²) in [6.45, 7) is 6.97. The largest absolute Gasteiger partial charge is 0.396 e. The highest BCUT2D eigenvalue weighted by Crippen LogP contribution is 2.44. The minimum absolute atomic E-state index is 0.191. The van der Waals surface area contributed by atoms with Crippen molar-refractivity contribution >= 4 is 11.8 Å².